The lowest BCUT2D eigenvalue weighted by Crippen LogP contribution is -2.55. The summed E-state index contributed by atoms with van der Waals surface area (Å²) in [5.74, 6) is -1.18. The molecule has 2 fully saturated rings. The summed E-state index contributed by atoms with van der Waals surface area (Å²) in [7, 11) is -5.77. The monoisotopic (exact) mass is 664 g/mol. The fraction of sp³-hybridized carbons (Fsp3) is 0.433. The largest absolute Gasteiger partial charge is 0.399 e. The number of nitrogens with two attached hydrogens (primary N) is 1. The van der Waals surface area contributed by atoms with Gasteiger partial charge in [-0.05, 0) is 61.4 Å². The number of hydrogen-bond donors (Lipinski definition) is 4. The smallest absolute Gasteiger partial charge is 0.370 e. The molecule has 3 amide bonds. The number of hydrogen-bond acceptors (Lipinski definition) is 7. The molecule has 15 heteroatoms. The van der Waals surface area contributed by atoms with Crippen molar-refractivity contribution in [2.75, 3.05) is 32.8 Å². The maximum atomic E-state index is 14.3. The Morgan fingerprint density at radius 1 is 1.13 bits per heavy atom. The number of ether oxygens (including phenoxy) is 1. The average molecular weight is 665 g/mol. The first kappa shape index (κ1) is 33.1. The van der Waals surface area contributed by atoms with Crippen LogP contribution >= 0.6 is 18.9 Å². The molecule has 3 aromatic rings. The van der Waals surface area contributed by atoms with E-state index >= 15 is 0 Å². The number of thiophene rings is 1. The minimum absolute atomic E-state index is 0.126. The Hall–Kier alpha value is -3.26. The van der Waals surface area contributed by atoms with E-state index in [0.29, 0.717) is 50.2 Å². The molecule has 1 aromatic heterocycles. The van der Waals surface area contributed by atoms with E-state index in [-0.39, 0.29) is 35.2 Å². The third-order valence-electron chi connectivity index (χ3n) is 8.12. The molecular weight excluding hydrogens is 629 g/mol. The first-order valence-electron chi connectivity index (χ1n) is 14.6. The molecule has 45 heavy (non-hydrogen) atoms. The van der Waals surface area contributed by atoms with Crippen molar-refractivity contribution in [3.8, 4) is 0 Å². The van der Waals surface area contributed by atoms with Gasteiger partial charge >= 0.3 is 13.3 Å². The Morgan fingerprint density at radius 2 is 1.89 bits per heavy atom. The van der Waals surface area contributed by atoms with E-state index in [9.17, 15) is 27.7 Å². The molecule has 3 atom stereocenters. The normalized spacial score (nSPS) is 19.9. The number of rotatable bonds is 10. The van der Waals surface area contributed by atoms with Gasteiger partial charge in [-0.2, -0.15) is 8.78 Å². The second-order valence-electron chi connectivity index (χ2n) is 11.1. The van der Waals surface area contributed by atoms with Crippen molar-refractivity contribution in [3.63, 3.8) is 0 Å². The zero-order valence-corrected chi connectivity index (χ0v) is 26.0. The highest BCUT2D eigenvalue weighted by atomic mass is 32.1. The molecule has 0 radical (unpaired) electrons. The van der Waals surface area contributed by atoms with E-state index < -0.39 is 42.7 Å². The second-order valence-corrected chi connectivity index (χ2v) is 13.9. The number of nitrogens with zero attached hydrogens (tertiary/aromatic N) is 2. The van der Waals surface area contributed by atoms with Gasteiger partial charge in [0.2, 0.25) is 11.8 Å². The van der Waals surface area contributed by atoms with Crippen LogP contribution in [0.1, 0.15) is 52.6 Å². The predicted molar refractivity (Wildman–Crippen MR) is 164 cm³/mol. The SMILES string of the molecule is NCCCC(NC(=O)c1cc2cc(C(F)(F)P(=O)(O)O)ccc2s1)C(=O)N1CCC[C@H]1C(=O)N1CCO[C@H](c2ccccc2)C1. The number of benzene rings is 2. The second kappa shape index (κ2) is 13.6. The quantitative estimate of drug-likeness (QED) is 0.239. The summed E-state index contributed by atoms with van der Waals surface area (Å²) in [6.07, 6.45) is 1.51. The third-order valence-corrected chi connectivity index (χ3v) is 10.2. The minimum atomic E-state index is -5.77. The van der Waals surface area contributed by atoms with E-state index in [1.807, 2.05) is 30.3 Å². The molecule has 2 aromatic carbocycles. The lowest BCUT2D eigenvalue weighted by molar-refractivity contribution is -0.149. The van der Waals surface area contributed by atoms with Crippen LogP contribution in [0.2, 0.25) is 0 Å². The van der Waals surface area contributed by atoms with Crippen molar-refractivity contribution in [1.82, 2.24) is 15.1 Å². The first-order valence-corrected chi connectivity index (χ1v) is 17.1. The maximum Gasteiger partial charge on any atom is 0.399 e. The van der Waals surface area contributed by atoms with Gasteiger partial charge in [-0.25, -0.2) is 0 Å². The molecule has 5 rings (SSSR count). The van der Waals surface area contributed by atoms with Crippen molar-refractivity contribution < 1.29 is 42.3 Å². The lowest BCUT2D eigenvalue weighted by atomic mass is 10.1. The summed E-state index contributed by atoms with van der Waals surface area (Å²) < 4.78 is 46.2. The van der Waals surface area contributed by atoms with Gasteiger partial charge in [0.1, 0.15) is 18.2 Å². The number of carbonyl (C=O) groups is 3. The topological polar surface area (TPSA) is 162 Å². The number of halogens is 2. The zero-order valence-electron chi connectivity index (χ0n) is 24.3. The fourth-order valence-electron chi connectivity index (χ4n) is 5.74. The number of carbonyl (C=O) groups excluding carboxylic acids is 3. The van der Waals surface area contributed by atoms with E-state index in [1.54, 1.807) is 4.90 Å². The highest BCUT2D eigenvalue weighted by Crippen LogP contribution is 2.59. The molecule has 5 N–H and O–H groups in total. The predicted octanol–water partition coefficient (Wildman–Crippen LogP) is 3.56. The molecule has 1 unspecified atom stereocenters. The standard InChI is InChI=1S/C30H35F2N4O7PS/c31-30(32,44(40,41)42)21-10-11-25-20(16-21)17-26(45-25)27(37)34-22(8-4-12-33)28(38)36-13-5-9-23(36)29(39)35-14-15-43-24(18-35)19-6-2-1-3-7-19/h1-3,6-7,10-11,16-17,22-24H,4-5,8-9,12-15,18,33H2,(H,34,37)(H2,40,41,42)/t22?,23-,24-/m0/s1. The maximum absolute atomic E-state index is 14.3. The molecule has 242 valence electrons. The molecule has 2 aliphatic rings. The molecule has 0 aliphatic carbocycles. The zero-order chi connectivity index (χ0) is 32.4. The van der Waals surface area contributed by atoms with Crippen LogP contribution < -0.4 is 11.1 Å². The molecular formula is C30H35F2N4O7PS. The van der Waals surface area contributed by atoms with Crippen molar-refractivity contribution in [2.45, 2.75) is 49.5 Å². The Balaban J connectivity index is 1.30. The lowest BCUT2D eigenvalue weighted by Gasteiger charge is -2.37. The van der Waals surface area contributed by atoms with Crippen LogP contribution in [0.25, 0.3) is 10.1 Å². The Morgan fingerprint density at radius 3 is 2.60 bits per heavy atom. The van der Waals surface area contributed by atoms with Gasteiger partial charge in [0.15, 0.2) is 0 Å². The number of nitrogens with one attached hydrogen (secondary N) is 1. The van der Waals surface area contributed by atoms with Crippen molar-refractivity contribution in [1.29, 1.82) is 0 Å². The van der Waals surface area contributed by atoms with Crippen LogP contribution in [0.4, 0.5) is 8.78 Å². The molecule has 2 saturated heterocycles. The Bertz CT molecular complexity index is 1600. The number of likely N-dealkylation sites (tertiary alicyclic amines) is 1. The number of fused-ring (bicyclic) bond motifs is 1. The van der Waals surface area contributed by atoms with Gasteiger partial charge in [0, 0.05) is 23.4 Å². The van der Waals surface area contributed by atoms with Gasteiger partial charge in [-0.15, -0.1) is 11.3 Å². The van der Waals surface area contributed by atoms with Crippen LogP contribution in [0.3, 0.4) is 0 Å². The van der Waals surface area contributed by atoms with E-state index in [4.69, 9.17) is 20.3 Å². The minimum Gasteiger partial charge on any atom is -0.370 e. The summed E-state index contributed by atoms with van der Waals surface area (Å²) in [6, 6.07) is 12.4. The van der Waals surface area contributed by atoms with E-state index in [1.165, 1.54) is 17.0 Å². The summed E-state index contributed by atoms with van der Waals surface area (Å²) in [5, 5.41) is 2.95. The highest BCUT2D eigenvalue weighted by molar-refractivity contribution is 7.52. The van der Waals surface area contributed by atoms with E-state index in [0.717, 1.165) is 29.0 Å². The fourth-order valence-corrected chi connectivity index (χ4v) is 7.16. The van der Waals surface area contributed by atoms with Gasteiger partial charge in [-0.3, -0.25) is 18.9 Å². The van der Waals surface area contributed by atoms with Gasteiger partial charge < -0.3 is 35.4 Å². The summed E-state index contributed by atoms with van der Waals surface area (Å²) in [4.78, 5) is 62.4. The van der Waals surface area contributed by atoms with Gasteiger partial charge in [0.25, 0.3) is 5.91 Å². The summed E-state index contributed by atoms with van der Waals surface area (Å²) in [5.41, 5.74) is 1.42. The van der Waals surface area contributed by atoms with Crippen molar-refractivity contribution in [2.24, 2.45) is 5.73 Å². The van der Waals surface area contributed by atoms with E-state index in [2.05, 4.69) is 5.32 Å². The molecule has 0 bridgehead atoms. The Labute approximate surface area is 262 Å². The Kier molecular flexibility index (Phi) is 10.0. The highest BCUT2D eigenvalue weighted by Gasteiger charge is 2.50. The summed E-state index contributed by atoms with van der Waals surface area (Å²) in [6.45, 7) is 1.77. The molecule has 2 aliphatic heterocycles. The van der Waals surface area contributed by atoms with Crippen LogP contribution in [0.5, 0.6) is 0 Å². The number of alkyl halides is 2. The summed E-state index contributed by atoms with van der Waals surface area (Å²) >= 11 is 0.991. The molecule has 11 nitrogen and oxygen atoms in total. The third kappa shape index (κ3) is 7.11. The average Bonchev–Trinajstić information content (AvgIpc) is 3.70. The molecule has 3 heterocycles. The molecule has 0 spiro atoms. The van der Waals surface area contributed by atoms with Crippen LogP contribution in [0.15, 0.2) is 54.6 Å². The number of amides is 3. The first-order chi connectivity index (χ1) is 21.4. The van der Waals surface area contributed by atoms with Crippen LogP contribution in [0, 0.1) is 0 Å². The number of morpholine rings is 1. The van der Waals surface area contributed by atoms with Crippen molar-refractivity contribution >= 4 is 46.7 Å². The van der Waals surface area contributed by atoms with Crippen LogP contribution in [-0.4, -0.2) is 82.2 Å². The van der Waals surface area contributed by atoms with Gasteiger partial charge in [-0.1, -0.05) is 36.4 Å². The van der Waals surface area contributed by atoms with Gasteiger partial charge in [0.05, 0.1) is 18.0 Å². The molecule has 0 saturated carbocycles. The van der Waals surface area contributed by atoms with Crippen molar-refractivity contribution in [3.05, 3.63) is 70.6 Å². The van der Waals surface area contributed by atoms with Crippen LogP contribution in [-0.2, 0) is 24.6 Å².